The molecule has 3 aromatic carbocycles. The molecule has 2 aromatic heterocycles. The Balaban J connectivity index is 0.912. The number of carbonyl (C=O) groups is 2. The highest BCUT2D eigenvalue weighted by atomic mass is 16.3. The van der Waals surface area contributed by atoms with Crippen LogP contribution >= 0.6 is 0 Å². The van der Waals surface area contributed by atoms with Gasteiger partial charge in [-0.15, -0.1) is 0 Å². The Kier molecular flexibility index (Phi) is 8.60. The summed E-state index contributed by atoms with van der Waals surface area (Å²) in [4.78, 5) is 30.8. The van der Waals surface area contributed by atoms with Crippen molar-refractivity contribution in [1.82, 2.24) is 24.9 Å². The monoisotopic (exact) mass is 626 g/mol. The Bertz CT molecular complexity index is 1920. The third-order valence-corrected chi connectivity index (χ3v) is 9.51. The van der Waals surface area contributed by atoms with Crippen LogP contribution < -0.4 is 5.32 Å². The second-order valence-corrected chi connectivity index (χ2v) is 12.8. The molecule has 4 heterocycles. The maximum absolute atomic E-state index is 13.5. The van der Waals surface area contributed by atoms with E-state index in [0.29, 0.717) is 29.8 Å². The highest BCUT2D eigenvalue weighted by Crippen LogP contribution is 2.28. The smallest absolute Gasteiger partial charge is 0.287 e. The number of fused-ring (bicyclic) bond motifs is 1. The van der Waals surface area contributed by atoms with Crippen LogP contribution in [0.3, 0.4) is 0 Å². The fourth-order valence-corrected chi connectivity index (χ4v) is 6.67. The number of furan rings is 1. The lowest BCUT2D eigenvalue weighted by Gasteiger charge is -2.32. The first-order chi connectivity index (χ1) is 22.9. The summed E-state index contributed by atoms with van der Waals surface area (Å²) in [5, 5.41) is 17.5. The number of hydrogen-bond acceptors (Lipinski definition) is 6. The molecule has 5 aromatic rings. The van der Waals surface area contributed by atoms with Gasteiger partial charge in [0, 0.05) is 61.5 Å². The van der Waals surface area contributed by atoms with E-state index in [9.17, 15) is 9.59 Å². The van der Waals surface area contributed by atoms with Crippen LogP contribution in [0.1, 0.15) is 69.3 Å². The van der Waals surface area contributed by atoms with Gasteiger partial charge in [0.15, 0.2) is 5.76 Å². The zero-order valence-electron chi connectivity index (χ0n) is 26.6. The number of nitriles is 1. The summed E-state index contributed by atoms with van der Waals surface area (Å²) in [6, 6.07) is 25.8. The Morgan fingerprint density at radius 1 is 0.915 bits per heavy atom. The van der Waals surface area contributed by atoms with Crippen LogP contribution in [0.15, 0.2) is 89.6 Å². The first-order valence-electron chi connectivity index (χ1n) is 16.4. The molecule has 0 spiro atoms. The zero-order valence-corrected chi connectivity index (χ0v) is 26.6. The summed E-state index contributed by atoms with van der Waals surface area (Å²) in [6.07, 6.45) is 7.41. The highest BCUT2D eigenvalue weighted by Gasteiger charge is 2.27. The predicted molar refractivity (Wildman–Crippen MR) is 180 cm³/mol. The van der Waals surface area contributed by atoms with E-state index in [0.717, 1.165) is 61.8 Å². The van der Waals surface area contributed by atoms with Crippen LogP contribution in [0, 0.1) is 18.3 Å². The quantitative estimate of drug-likeness (QED) is 0.226. The summed E-state index contributed by atoms with van der Waals surface area (Å²) >= 11 is 0. The van der Waals surface area contributed by atoms with Crippen LogP contribution in [0.2, 0.25) is 0 Å². The van der Waals surface area contributed by atoms with Gasteiger partial charge in [0.1, 0.15) is 5.58 Å². The topological polar surface area (TPSA) is 107 Å². The molecular formula is C38H38N6O3. The van der Waals surface area contributed by atoms with Gasteiger partial charge in [-0.2, -0.15) is 10.4 Å². The molecule has 0 radical (unpaired) electrons. The fraction of sp³-hybridized carbons (Fsp3) is 0.316. The van der Waals surface area contributed by atoms with Gasteiger partial charge < -0.3 is 14.6 Å². The third kappa shape index (κ3) is 6.83. The molecule has 9 heteroatoms. The number of hydrogen-bond donors (Lipinski definition) is 1. The minimum absolute atomic E-state index is 0.00822. The number of benzene rings is 3. The molecular weight excluding hydrogens is 588 g/mol. The van der Waals surface area contributed by atoms with E-state index in [1.807, 2.05) is 46.1 Å². The van der Waals surface area contributed by atoms with Crippen molar-refractivity contribution in [2.75, 3.05) is 26.2 Å². The standard InChI is InChI=1S/C38H38N6O3/c1-26-2-8-29(9-3-26)32-23-40-44(25-32)34-14-18-43(19-15-34)38(46)30-10-11-35-31(20-30)21-36(47-35)37(45)41-33-12-16-42(17-13-33)24-28-6-4-27(22-39)5-7-28/h2-11,20-21,23,25,33-34H,12-19,24H2,1H3,(H,41,45). The molecule has 0 bridgehead atoms. The molecule has 238 valence electrons. The van der Waals surface area contributed by atoms with Gasteiger partial charge in [0.25, 0.3) is 11.8 Å². The number of aromatic nitrogens is 2. The number of nitrogens with one attached hydrogen (secondary N) is 1. The number of rotatable bonds is 7. The lowest BCUT2D eigenvalue weighted by molar-refractivity contribution is 0.0690. The largest absolute Gasteiger partial charge is 0.451 e. The molecule has 2 aliphatic rings. The molecule has 0 unspecified atom stereocenters. The molecule has 2 saturated heterocycles. The number of likely N-dealkylation sites (tertiary alicyclic amines) is 2. The predicted octanol–water partition coefficient (Wildman–Crippen LogP) is 6.35. The Labute approximate surface area is 274 Å². The van der Waals surface area contributed by atoms with Gasteiger partial charge in [-0.25, -0.2) is 0 Å². The summed E-state index contributed by atoms with van der Waals surface area (Å²) < 4.78 is 7.94. The summed E-state index contributed by atoms with van der Waals surface area (Å²) in [5.74, 6) is 0.0200. The van der Waals surface area contributed by atoms with Crippen LogP contribution in [0.25, 0.3) is 22.1 Å². The first-order valence-corrected chi connectivity index (χ1v) is 16.4. The van der Waals surface area contributed by atoms with Crippen molar-refractivity contribution in [3.05, 3.63) is 113 Å². The van der Waals surface area contributed by atoms with E-state index in [-0.39, 0.29) is 29.7 Å². The van der Waals surface area contributed by atoms with Gasteiger partial charge in [0.2, 0.25) is 0 Å². The Hall–Kier alpha value is -5.20. The lowest BCUT2D eigenvalue weighted by Crippen LogP contribution is -2.44. The van der Waals surface area contributed by atoms with Crippen LogP contribution in [0.5, 0.6) is 0 Å². The van der Waals surface area contributed by atoms with Crippen LogP contribution in [-0.2, 0) is 6.54 Å². The molecule has 0 saturated carbocycles. The van der Waals surface area contributed by atoms with Crippen molar-refractivity contribution in [1.29, 1.82) is 5.26 Å². The number of amides is 2. The van der Waals surface area contributed by atoms with E-state index >= 15 is 0 Å². The molecule has 2 aliphatic heterocycles. The molecule has 7 rings (SSSR count). The Morgan fingerprint density at radius 3 is 2.38 bits per heavy atom. The molecule has 1 N–H and O–H groups in total. The minimum Gasteiger partial charge on any atom is -0.451 e. The van der Waals surface area contributed by atoms with Crippen molar-refractivity contribution in [2.45, 2.75) is 51.2 Å². The number of nitrogens with zero attached hydrogens (tertiary/aromatic N) is 5. The average molecular weight is 627 g/mol. The Morgan fingerprint density at radius 2 is 1.66 bits per heavy atom. The maximum Gasteiger partial charge on any atom is 0.287 e. The zero-order chi connectivity index (χ0) is 32.3. The van der Waals surface area contributed by atoms with Crippen LogP contribution in [-0.4, -0.2) is 63.6 Å². The van der Waals surface area contributed by atoms with Gasteiger partial charge >= 0.3 is 0 Å². The van der Waals surface area contributed by atoms with Gasteiger partial charge in [-0.1, -0.05) is 42.0 Å². The molecule has 2 fully saturated rings. The molecule has 0 atom stereocenters. The average Bonchev–Trinajstić information content (AvgIpc) is 3.78. The second kappa shape index (κ2) is 13.3. The fourth-order valence-electron chi connectivity index (χ4n) is 6.67. The summed E-state index contributed by atoms with van der Waals surface area (Å²) in [7, 11) is 0. The summed E-state index contributed by atoms with van der Waals surface area (Å²) in [5.41, 5.74) is 6.52. The highest BCUT2D eigenvalue weighted by molar-refractivity contribution is 6.00. The third-order valence-electron chi connectivity index (χ3n) is 9.51. The summed E-state index contributed by atoms with van der Waals surface area (Å²) in [6.45, 7) is 5.99. The van der Waals surface area contributed by atoms with E-state index in [1.54, 1.807) is 18.2 Å². The van der Waals surface area contributed by atoms with Gasteiger partial charge in [-0.05, 0) is 80.1 Å². The van der Waals surface area contributed by atoms with Crippen molar-refractivity contribution in [3.63, 3.8) is 0 Å². The van der Waals surface area contributed by atoms with Gasteiger partial charge in [0.05, 0.1) is 23.9 Å². The molecule has 0 aliphatic carbocycles. The van der Waals surface area contributed by atoms with E-state index in [4.69, 9.17) is 9.68 Å². The second-order valence-electron chi connectivity index (χ2n) is 12.8. The molecule has 9 nitrogen and oxygen atoms in total. The van der Waals surface area contributed by atoms with Gasteiger partial charge in [-0.3, -0.25) is 19.2 Å². The van der Waals surface area contributed by atoms with Crippen molar-refractivity contribution in [2.24, 2.45) is 0 Å². The van der Waals surface area contributed by atoms with Crippen molar-refractivity contribution in [3.8, 4) is 17.2 Å². The van der Waals surface area contributed by atoms with E-state index < -0.39 is 0 Å². The SMILES string of the molecule is Cc1ccc(-c2cnn(C3CCN(C(=O)c4ccc5oc(C(=O)NC6CCN(Cc7ccc(C#N)cc7)CC6)cc5c4)CC3)c2)cc1. The van der Waals surface area contributed by atoms with Crippen molar-refractivity contribution >= 4 is 22.8 Å². The number of carbonyl (C=O) groups excluding carboxylic acids is 2. The molecule has 47 heavy (non-hydrogen) atoms. The van der Waals surface area contributed by atoms with E-state index in [1.165, 1.54) is 11.1 Å². The first kappa shape index (κ1) is 30.5. The lowest BCUT2D eigenvalue weighted by atomic mass is 10.0. The normalized spacial score (nSPS) is 16.3. The number of aryl methyl sites for hydroxylation is 1. The minimum atomic E-state index is -0.231. The maximum atomic E-state index is 13.5. The molecule has 2 amide bonds. The van der Waals surface area contributed by atoms with Crippen molar-refractivity contribution < 1.29 is 14.0 Å². The van der Waals surface area contributed by atoms with E-state index in [2.05, 4.69) is 58.8 Å². The van der Waals surface area contributed by atoms with Crippen LogP contribution in [0.4, 0.5) is 0 Å². The number of piperidine rings is 2.